The molecule has 1 aromatic heterocycles. The molecule has 0 radical (unpaired) electrons. The molecule has 4 heteroatoms. The van der Waals surface area contributed by atoms with E-state index in [1.807, 2.05) is 16.4 Å². The van der Waals surface area contributed by atoms with Gasteiger partial charge in [-0.3, -0.25) is 4.68 Å². The lowest BCUT2D eigenvalue weighted by Crippen LogP contribution is -2.00. The van der Waals surface area contributed by atoms with Crippen molar-refractivity contribution in [2.45, 2.75) is 37.8 Å². The molecule has 0 unspecified atom stereocenters. The second-order valence-electron chi connectivity index (χ2n) is 3.29. The van der Waals surface area contributed by atoms with Crippen molar-refractivity contribution in [3.05, 3.63) is 16.4 Å². The summed E-state index contributed by atoms with van der Waals surface area (Å²) in [7, 11) is 0. The van der Waals surface area contributed by atoms with Crippen LogP contribution in [0.4, 0.5) is 0 Å². The normalized spacial score (nSPS) is 14.9. The lowest BCUT2D eigenvalue weighted by Gasteiger charge is -2.01. The van der Waals surface area contributed by atoms with Crippen LogP contribution < -0.4 is 0 Å². The van der Waals surface area contributed by atoms with Gasteiger partial charge in [0.05, 0.1) is 5.69 Å². The van der Waals surface area contributed by atoms with Crippen LogP contribution in [0.15, 0.2) is 0 Å². The minimum absolute atomic E-state index is 0.869. The molecule has 2 rings (SSSR count). The number of aryl methyl sites for hydroxylation is 1. The first kappa shape index (κ1) is 9.41. The van der Waals surface area contributed by atoms with Gasteiger partial charge in [0, 0.05) is 23.6 Å². The molecular formula is C9H13ClN2S. The van der Waals surface area contributed by atoms with Crippen LogP contribution in [0.5, 0.6) is 0 Å². The summed E-state index contributed by atoms with van der Waals surface area (Å²) in [6, 6.07) is 0. The highest BCUT2D eigenvalue weighted by atomic mass is 35.5. The van der Waals surface area contributed by atoms with Gasteiger partial charge in [-0.05, 0) is 6.42 Å². The lowest BCUT2D eigenvalue weighted by atomic mass is 10.3. The fourth-order valence-corrected chi connectivity index (χ4v) is 2.90. The summed E-state index contributed by atoms with van der Waals surface area (Å²) in [5.74, 6) is 2.08. The van der Waals surface area contributed by atoms with Crippen LogP contribution >= 0.6 is 23.4 Å². The summed E-state index contributed by atoms with van der Waals surface area (Å²) in [5, 5.41) is 5.36. The Morgan fingerprint density at radius 3 is 3.08 bits per heavy atom. The Bertz CT molecular complexity index is 309. The Balaban J connectivity index is 2.18. The van der Waals surface area contributed by atoms with Gasteiger partial charge >= 0.3 is 0 Å². The standard InChI is InChI=1S/C9H13ClN2S/c1-2-3-4-12-9(10)7-5-13-6-8(7)11-12/h2-6H2,1H3. The smallest absolute Gasteiger partial charge is 0.131 e. The Morgan fingerprint density at radius 2 is 2.38 bits per heavy atom. The first-order chi connectivity index (χ1) is 6.33. The van der Waals surface area contributed by atoms with E-state index in [1.54, 1.807) is 0 Å². The van der Waals surface area contributed by atoms with Crippen LogP contribution in [-0.4, -0.2) is 9.78 Å². The number of unbranched alkanes of at least 4 members (excludes halogenated alkanes) is 1. The lowest BCUT2D eigenvalue weighted by molar-refractivity contribution is 0.568. The van der Waals surface area contributed by atoms with Gasteiger partial charge in [0.15, 0.2) is 0 Å². The quantitative estimate of drug-likeness (QED) is 0.773. The first-order valence-electron chi connectivity index (χ1n) is 4.64. The first-order valence-corrected chi connectivity index (χ1v) is 6.18. The molecule has 1 aliphatic rings. The molecule has 72 valence electrons. The molecule has 0 saturated heterocycles. The Hall–Kier alpha value is -0.150. The largest absolute Gasteiger partial charge is 0.253 e. The highest BCUT2D eigenvalue weighted by molar-refractivity contribution is 7.98. The minimum Gasteiger partial charge on any atom is -0.253 e. The van der Waals surface area contributed by atoms with Crippen molar-refractivity contribution in [2.75, 3.05) is 0 Å². The molecule has 13 heavy (non-hydrogen) atoms. The zero-order chi connectivity index (χ0) is 9.26. The molecule has 0 aromatic carbocycles. The van der Waals surface area contributed by atoms with E-state index in [4.69, 9.17) is 11.6 Å². The van der Waals surface area contributed by atoms with Gasteiger partial charge in [-0.2, -0.15) is 16.9 Å². The number of fused-ring (bicyclic) bond motifs is 1. The van der Waals surface area contributed by atoms with Crippen LogP contribution in [-0.2, 0) is 18.1 Å². The highest BCUT2D eigenvalue weighted by Crippen LogP contribution is 2.34. The van der Waals surface area contributed by atoms with Gasteiger partial charge in [-0.15, -0.1) is 0 Å². The third kappa shape index (κ3) is 1.72. The second-order valence-corrected chi connectivity index (χ2v) is 4.63. The third-order valence-electron chi connectivity index (χ3n) is 2.27. The van der Waals surface area contributed by atoms with Gasteiger partial charge in [0.1, 0.15) is 5.15 Å². The zero-order valence-corrected chi connectivity index (χ0v) is 9.29. The number of rotatable bonds is 3. The number of aromatic nitrogens is 2. The van der Waals surface area contributed by atoms with E-state index in [9.17, 15) is 0 Å². The minimum atomic E-state index is 0.869. The fourth-order valence-electron chi connectivity index (χ4n) is 1.49. The van der Waals surface area contributed by atoms with Crippen molar-refractivity contribution in [3.63, 3.8) is 0 Å². The summed E-state index contributed by atoms with van der Waals surface area (Å²) in [6.07, 6.45) is 2.35. The SMILES string of the molecule is CCCCn1nc2c(c1Cl)CSC2. The molecular weight excluding hydrogens is 204 g/mol. The Labute approximate surface area is 87.6 Å². The van der Waals surface area contributed by atoms with E-state index < -0.39 is 0 Å². The Kier molecular flexibility index (Phi) is 2.84. The fraction of sp³-hybridized carbons (Fsp3) is 0.667. The average molecular weight is 217 g/mol. The van der Waals surface area contributed by atoms with Crippen LogP contribution in [0.25, 0.3) is 0 Å². The number of thioether (sulfide) groups is 1. The molecule has 0 atom stereocenters. The van der Waals surface area contributed by atoms with E-state index in [-0.39, 0.29) is 0 Å². The molecule has 0 amide bonds. The third-order valence-corrected chi connectivity index (χ3v) is 3.67. The summed E-state index contributed by atoms with van der Waals surface area (Å²) >= 11 is 8.09. The van der Waals surface area contributed by atoms with Crippen LogP contribution in [0.1, 0.15) is 31.0 Å². The van der Waals surface area contributed by atoms with E-state index >= 15 is 0 Å². The molecule has 0 saturated carbocycles. The van der Waals surface area contributed by atoms with Crippen molar-refractivity contribution in [1.29, 1.82) is 0 Å². The molecule has 0 spiro atoms. The molecule has 0 fully saturated rings. The number of hydrogen-bond donors (Lipinski definition) is 0. The average Bonchev–Trinajstić information content (AvgIpc) is 2.67. The van der Waals surface area contributed by atoms with E-state index in [0.29, 0.717) is 0 Å². The van der Waals surface area contributed by atoms with Gasteiger partial charge in [-0.1, -0.05) is 24.9 Å². The van der Waals surface area contributed by atoms with Crippen LogP contribution in [0.2, 0.25) is 5.15 Å². The van der Waals surface area contributed by atoms with E-state index in [1.165, 1.54) is 17.7 Å². The van der Waals surface area contributed by atoms with Crippen LogP contribution in [0, 0.1) is 0 Å². The summed E-state index contributed by atoms with van der Waals surface area (Å²) in [4.78, 5) is 0. The zero-order valence-electron chi connectivity index (χ0n) is 7.72. The topological polar surface area (TPSA) is 17.8 Å². The maximum atomic E-state index is 6.19. The van der Waals surface area contributed by atoms with Gasteiger partial charge < -0.3 is 0 Å². The van der Waals surface area contributed by atoms with Crippen molar-refractivity contribution in [3.8, 4) is 0 Å². The van der Waals surface area contributed by atoms with Gasteiger partial charge in [0.2, 0.25) is 0 Å². The van der Waals surface area contributed by atoms with Crippen molar-refractivity contribution in [2.24, 2.45) is 0 Å². The number of hydrogen-bond acceptors (Lipinski definition) is 2. The van der Waals surface area contributed by atoms with Crippen molar-refractivity contribution in [1.82, 2.24) is 9.78 Å². The summed E-state index contributed by atoms with van der Waals surface area (Å²) < 4.78 is 1.95. The molecule has 0 bridgehead atoms. The maximum Gasteiger partial charge on any atom is 0.131 e. The highest BCUT2D eigenvalue weighted by Gasteiger charge is 2.20. The molecule has 0 aliphatic carbocycles. The van der Waals surface area contributed by atoms with Gasteiger partial charge in [0.25, 0.3) is 0 Å². The second kappa shape index (κ2) is 3.93. The number of nitrogens with zero attached hydrogens (tertiary/aromatic N) is 2. The predicted molar refractivity (Wildman–Crippen MR) is 57.1 cm³/mol. The maximum absolute atomic E-state index is 6.19. The van der Waals surface area contributed by atoms with Crippen molar-refractivity contribution >= 4 is 23.4 Å². The van der Waals surface area contributed by atoms with Gasteiger partial charge in [-0.25, -0.2) is 0 Å². The van der Waals surface area contributed by atoms with Crippen molar-refractivity contribution < 1.29 is 0 Å². The monoisotopic (exact) mass is 216 g/mol. The molecule has 2 nitrogen and oxygen atoms in total. The van der Waals surface area contributed by atoms with Crippen LogP contribution in [0.3, 0.4) is 0 Å². The molecule has 2 heterocycles. The molecule has 0 N–H and O–H groups in total. The summed E-state index contributed by atoms with van der Waals surface area (Å²) in [6.45, 7) is 3.15. The predicted octanol–water partition coefficient (Wildman–Crippen LogP) is 3.08. The molecule has 1 aliphatic heterocycles. The molecule has 1 aromatic rings. The number of halogens is 1. The summed E-state index contributed by atoms with van der Waals surface area (Å²) in [5.41, 5.74) is 2.47. The Morgan fingerprint density at radius 1 is 1.54 bits per heavy atom. The van der Waals surface area contributed by atoms with E-state index in [0.717, 1.165) is 29.6 Å². The van der Waals surface area contributed by atoms with E-state index in [2.05, 4.69) is 12.0 Å².